The Hall–Kier alpha value is -2.04. The lowest BCUT2D eigenvalue weighted by molar-refractivity contribution is -0.138. The monoisotopic (exact) mass is 236 g/mol. The molecule has 0 heterocycles. The Morgan fingerprint density at radius 2 is 2.00 bits per heavy atom. The van der Waals surface area contributed by atoms with Crippen molar-refractivity contribution in [3.8, 4) is 0 Å². The highest BCUT2D eigenvalue weighted by Crippen LogP contribution is 2.16. The first-order chi connectivity index (χ1) is 8.02. The van der Waals surface area contributed by atoms with Crippen LogP contribution in [0.15, 0.2) is 24.3 Å². The van der Waals surface area contributed by atoms with Crippen molar-refractivity contribution in [3.05, 3.63) is 24.3 Å². The maximum Gasteiger partial charge on any atom is 0.326 e. The third-order valence-corrected chi connectivity index (χ3v) is 2.23. The van der Waals surface area contributed by atoms with Crippen LogP contribution in [-0.4, -0.2) is 23.0 Å². The molecule has 0 aliphatic heterocycles. The summed E-state index contributed by atoms with van der Waals surface area (Å²) in [5, 5.41) is 14.4. The zero-order valence-corrected chi connectivity index (χ0v) is 9.86. The van der Waals surface area contributed by atoms with Crippen LogP contribution in [-0.2, 0) is 9.59 Å². The van der Waals surface area contributed by atoms with E-state index in [0.717, 1.165) is 0 Å². The number of carbonyl (C=O) groups excluding carboxylic acids is 1. The molecule has 0 aliphatic rings. The lowest BCUT2D eigenvalue weighted by atomic mass is 10.2. The van der Waals surface area contributed by atoms with Crippen molar-refractivity contribution in [1.82, 2.24) is 0 Å². The lowest BCUT2D eigenvalue weighted by Crippen LogP contribution is -2.28. The first kappa shape index (κ1) is 13.0. The topological polar surface area (TPSA) is 78.4 Å². The number of benzene rings is 1. The maximum absolute atomic E-state index is 10.9. The summed E-state index contributed by atoms with van der Waals surface area (Å²) in [7, 11) is 0. The van der Waals surface area contributed by atoms with Crippen LogP contribution in [0.2, 0.25) is 0 Å². The molecule has 0 radical (unpaired) electrons. The quantitative estimate of drug-likeness (QED) is 0.729. The molecule has 0 fully saturated rings. The number of carboxylic acid groups (broad SMARTS) is 1. The van der Waals surface area contributed by atoms with Crippen molar-refractivity contribution in [3.63, 3.8) is 0 Å². The molecule has 1 rings (SSSR count). The molecular formula is C12H16N2O3. The molecule has 0 aliphatic carbocycles. The molecule has 17 heavy (non-hydrogen) atoms. The van der Waals surface area contributed by atoms with Crippen molar-refractivity contribution in [2.24, 2.45) is 0 Å². The van der Waals surface area contributed by atoms with Gasteiger partial charge in [-0.1, -0.05) is 13.0 Å². The predicted octanol–water partition coefficient (Wildman–Crippen LogP) is 1.92. The van der Waals surface area contributed by atoms with Gasteiger partial charge in [0, 0.05) is 18.3 Å². The average molecular weight is 236 g/mol. The molecular weight excluding hydrogens is 220 g/mol. The highest BCUT2D eigenvalue weighted by Gasteiger charge is 2.14. The minimum absolute atomic E-state index is 0.160. The molecule has 3 N–H and O–H groups in total. The van der Waals surface area contributed by atoms with Gasteiger partial charge >= 0.3 is 5.97 Å². The van der Waals surface area contributed by atoms with Gasteiger partial charge in [0.05, 0.1) is 0 Å². The van der Waals surface area contributed by atoms with Crippen molar-refractivity contribution in [2.75, 3.05) is 10.6 Å². The molecule has 1 aromatic carbocycles. The van der Waals surface area contributed by atoms with Crippen LogP contribution in [0, 0.1) is 0 Å². The largest absolute Gasteiger partial charge is 0.480 e. The lowest BCUT2D eigenvalue weighted by Gasteiger charge is -2.14. The standard InChI is InChI=1S/C12H16N2O3/c1-3-11(12(16)17)14-10-6-4-5-9(7-10)13-8(2)15/h4-7,11,14H,3H2,1-2H3,(H,13,15)(H,16,17). The summed E-state index contributed by atoms with van der Waals surface area (Å²) >= 11 is 0. The number of carbonyl (C=O) groups is 2. The van der Waals surface area contributed by atoms with E-state index in [-0.39, 0.29) is 5.91 Å². The van der Waals surface area contributed by atoms with E-state index < -0.39 is 12.0 Å². The number of hydrogen-bond donors (Lipinski definition) is 3. The minimum Gasteiger partial charge on any atom is -0.480 e. The van der Waals surface area contributed by atoms with Crippen LogP contribution in [0.25, 0.3) is 0 Å². The highest BCUT2D eigenvalue weighted by molar-refractivity contribution is 5.89. The van der Waals surface area contributed by atoms with E-state index in [2.05, 4.69) is 10.6 Å². The summed E-state index contributed by atoms with van der Waals surface area (Å²) in [5.74, 6) is -1.05. The highest BCUT2D eigenvalue weighted by atomic mass is 16.4. The molecule has 92 valence electrons. The molecule has 1 aromatic rings. The number of carboxylic acids is 1. The predicted molar refractivity (Wildman–Crippen MR) is 66.1 cm³/mol. The van der Waals surface area contributed by atoms with Crippen LogP contribution in [0.5, 0.6) is 0 Å². The molecule has 0 bridgehead atoms. The van der Waals surface area contributed by atoms with Gasteiger partial charge in [0.2, 0.25) is 5.91 Å². The molecule has 1 unspecified atom stereocenters. The number of nitrogens with one attached hydrogen (secondary N) is 2. The normalized spacial score (nSPS) is 11.6. The van der Waals surface area contributed by atoms with Crippen LogP contribution in [0.4, 0.5) is 11.4 Å². The molecule has 0 aromatic heterocycles. The smallest absolute Gasteiger partial charge is 0.326 e. The van der Waals surface area contributed by atoms with Gasteiger partial charge in [-0.3, -0.25) is 4.79 Å². The molecule has 5 heteroatoms. The van der Waals surface area contributed by atoms with E-state index in [1.165, 1.54) is 6.92 Å². The Balaban J connectivity index is 2.77. The fourth-order valence-corrected chi connectivity index (χ4v) is 1.43. The summed E-state index contributed by atoms with van der Waals surface area (Å²) in [6.45, 7) is 3.22. The van der Waals surface area contributed by atoms with Crippen molar-refractivity contribution >= 4 is 23.3 Å². The van der Waals surface area contributed by atoms with E-state index >= 15 is 0 Å². The third kappa shape index (κ3) is 4.14. The number of aliphatic carboxylic acids is 1. The van der Waals surface area contributed by atoms with Crippen LogP contribution < -0.4 is 10.6 Å². The van der Waals surface area contributed by atoms with E-state index in [0.29, 0.717) is 17.8 Å². The van der Waals surface area contributed by atoms with Gasteiger partial charge in [-0.25, -0.2) is 4.79 Å². The zero-order chi connectivity index (χ0) is 12.8. The SMILES string of the molecule is CCC(Nc1cccc(NC(C)=O)c1)C(=O)O. The van der Waals surface area contributed by atoms with Crippen LogP contribution in [0.3, 0.4) is 0 Å². The summed E-state index contributed by atoms with van der Waals surface area (Å²) in [6, 6.07) is 6.34. The molecule has 1 amide bonds. The van der Waals surface area contributed by atoms with E-state index in [4.69, 9.17) is 5.11 Å². The Morgan fingerprint density at radius 1 is 1.35 bits per heavy atom. The second-order valence-corrected chi connectivity index (χ2v) is 3.71. The molecule has 0 saturated heterocycles. The van der Waals surface area contributed by atoms with E-state index in [1.54, 1.807) is 31.2 Å². The molecule has 0 saturated carbocycles. The summed E-state index contributed by atoms with van der Waals surface area (Å²) in [6.07, 6.45) is 0.486. The number of rotatable bonds is 5. The Bertz CT molecular complexity index is 418. The van der Waals surface area contributed by atoms with Crippen LogP contribution in [0.1, 0.15) is 20.3 Å². The van der Waals surface area contributed by atoms with Gasteiger partial charge in [-0.2, -0.15) is 0 Å². The summed E-state index contributed by atoms with van der Waals surface area (Å²) in [4.78, 5) is 21.8. The molecule has 5 nitrogen and oxygen atoms in total. The van der Waals surface area contributed by atoms with Gasteiger partial charge in [0.1, 0.15) is 6.04 Å². The number of hydrogen-bond acceptors (Lipinski definition) is 3. The first-order valence-electron chi connectivity index (χ1n) is 5.40. The van der Waals surface area contributed by atoms with Crippen molar-refractivity contribution < 1.29 is 14.7 Å². The Morgan fingerprint density at radius 3 is 2.53 bits per heavy atom. The zero-order valence-electron chi connectivity index (χ0n) is 9.86. The van der Waals surface area contributed by atoms with Gasteiger partial charge in [-0.15, -0.1) is 0 Å². The summed E-state index contributed by atoms with van der Waals surface area (Å²) in [5.41, 5.74) is 1.31. The third-order valence-electron chi connectivity index (χ3n) is 2.23. The van der Waals surface area contributed by atoms with Crippen LogP contribution >= 0.6 is 0 Å². The van der Waals surface area contributed by atoms with Gasteiger partial charge in [0.15, 0.2) is 0 Å². The molecule has 0 spiro atoms. The maximum atomic E-state index is 10.9. The average Bonchev–Trinajstić information content (AvgIpc) is 2.25. The second kappa shape index (κ2) is 5.89. The van der Waals surface area contributed by atoms with E-state index in [1.807, 2.05) is 0 Å². The summed E-state index contributed by atoms with van der Waals surface area (Å²) < 4.78 is 0. The number of amides is 1. The second-order valence-electron chi connectivity index (χ2n) is 3.71. The van der Waals surface area contributed by atoms with E-state index in [9.17, 15) is 9.59 Å². The minimum atomic E-state index is -0.891. The van der Waals surface area contributed by atoms with Crippen molar-refractivity contribution in [2.45, 2.75) is 26.3 Å². The fraction of sp³-hybridized carbons (Fsp3) is 0.333. The van der Waals surface area contributed by atoms with Gasteiger partial charge in [-0.05, 0) is 24.6 Å². The Kier molecular flexibility index (Phi) is 4.51. The first-order valence-corrected chi connectivity index (χ1v) is 5.40. The number of anilines is 2. The fourth-order valence-electron chi connectivity index (χ4n) is 1.43. The van der Waals surface area contributed by atoms with Gasteiger partial charge in [0.25, 0.3) is 0 Å². The Labute approximate surface area is 99.8 Å². The van der Waals surface area contributed by atoms with Gasteiger partial charge < -0.3 is 15.7 Å². The van der Waals surface area contributed by atoms with Crippen molar-refractivity contribution in [1.29, 1.82) is 0 Å². The molecule has 1 atom stereocenters.